The van der Waals surface area contributed by atoms with Gasteiger partial charge < -0.3 is 10.0 Å². The van der Waals surface area contributed by atoms with Crippen molar-refractivity contribution in [2.75, 3.05) is 14.1 Å². The van der Waals surface area contributed by atoms with E-state index in [1.54, 1.807) is 11.8 Å². The van der Waals surface area contributed by atoms with Crippen LogP contribution in [0.25, 0.3) is 0 Å². The van der Waals surface area contributed by atoms with Gasteiger partial charge in [0.15, 0.2) is 0 Å². The van der Waals surface area contributed by atoms with E-state index in [4.69, 9.17) is 12.2 Å². The summed E-state index contributed by atoms with van der Waals surface area (Å²) in [4.78, 5) is 1.95. The van der Waals surface area contributed by atoms with Gasteiger partial charge in [-0.25, -0.2) is 0 Å². The van der Waals surface area contributed by atoms with Crippen LogP contribution in [0.5, 0.6) is 0 Å². The van der Waals surface area contributed by atoms with Gasteiger partial charge in [0, 0.05) is 19.3 Å². The molecule has 3 atom stereocenters. The Bertz CT molecular complexity index is 233. The van der Waals surface area contributed by atoms with Crippen molar-refractivity contribution in [2.24, 2.45) is 5.92 Å². The maximum absolute atomic E-state index is 9.99. The summed E-state index contributed by atoms with van der Waals surface area (Å²) < 4.78 is 0.890. The number of hydrogen-bond acceptors (Lipinski definition) is 3. The lowest BCUT2D eigenvalue weighted by Gasteiger charge is -2.33. The van der Waals surface area contributed by atoms with Crippen molar-refractivity contribution in [1.82, 2.24) is 4.90 Å². The van der Waals surface area contributed by atoms with Crippen LogP contribution in [0, 0.1) is 5.92 Å². The van der Waals surface area contributed by atoms with Crippen LogP contribution >= 0.6 is 24.0 Å². The highest BCUT2D eigenvalue weighted by molar-refractivity contribution is 8.23. The predicted octanol–water partition coefficient (Wildman–Crippen LogP) is 2.90. The molecule has 0 aliphatic heterocycles. The fourth-order valence-corrected chi connectivity index (χ4v) is 3.73. The summed E-state index contributed by atoms with van der Waals surface area (Å²) in [6, 6.07) is 0. The minimum Gasteiger partial charge on any atom is -0.392 e. The standard InChI is InChI=1S/C12H23NOS2/c1-4-5-9-6-7-10(14)11(8-9)16-12(15)13(2)3/h9-11,14H,4-8H2,1-3H3/t9-,10-,11-/m0/s1. The van der Waals surface area contributed by atoms with Crippen LogP contribution in [0.1, 0.15) is 39.0 Å². The molecule has 16 heavy (non-hydrogen) atoms. The highest BCUT2D eigenvalue weighted by atomic mass is 32.2. The molecule has 4 heteroatoms. The summed E-state index contributed by atoms with van der Waals surface area (Å²) in [5.74, 6) is 0.788. The van der Waals surface area contributed by atoms with Crippen molar-refractivity contribution in [3.8, 4) is 0 Å². The molecule has 0 aromatic carbocycles. The van der Waals surface area contributed by atoms with E-state index in [0.717, 1.165) is 23.1 Å². The van der Waals surface area contributed by atoms with Crippen LogP contribution in [0.2, 0.25) is 0 Å². The molecule has 1 fully saturated rings. The van der Waals surface area contributed by atoms with Crippen molar-refractivity contribution in [3.05, 3.63) is 0 Å². The summed E-state index contributed by atoms with van der Waals surface area (Å²) in [6.07, 6.45) is 5.61. The highest BCUT2D eigenvalue weighted by Crippen LogP contribution is 2.35. The SMILES string of the molecule is CCC[C@H]1CC[C@H](O)[C@@H](SC(=S)N(C)C)C1. The molecular formula is C12H23NOS2. The van der Waals surface area contributed by atoms with Gasteiger partial charge in [0.1, 0.15) is 4.32 Å². The molecule has 94 valence electrons. The van der Waals surface area contributed by atoms with E-state index in [1.807, 2.05) is 19.0 Å². The Morgan fingerprint density at radius 2 is 2.12 bits per heavy atom. The van der Waals surface area contributed by atoms with Gasteiger partial charge in [-0.2, -0.15) is 0 Å². The normalized spacial score (nSPS) is 30.1. The maximum Gasteiger partial charge on any atom is 0.136 e. The Kier molecular flexibility index (Phi) is 6.08. The smallest absolute Gasteiger partial charge is 0.136 e. The minimum atomic E-state index is -0.170. The molecule has 1 rings (SSSR count). The van der Waals surface area contributed by atoms with Crippen LogP contribution < -0.4 is 0 Å². The Hall–Kier alpha value is 0.200. The van der Waals surface area contributed by atoms with E-state index >= 15 is 0 Å². The Morgan fingerprint density at radius 1 is 1.44 bits per heavy atom. The van der Waals surface area contributed by atoms with Crippen LogP contribution in [0.15, 0.2) is 0 Å². The molecule has 0 heterocycles. The van der Waals surface area contributed by atoms with Crippen LogP contribution in [-0.2, 0) is 0 Å². The maximum atomic E-state index is 9.99. The molecule has 0 spiro atoms. The molecular weight excluding hydrogens is 238 g/mol. The third-order valence-electron chi connectivity index (χ3n) is 3.18. The van der Waals surface area contributed by atoms with Gasteiger partial charge in [0.25, 0.3) is 0 Å². The first-order valence-electron chi connectivity index (χ1n) is 6.10. The molecule has 0 radical (unpaired) electrons. The lowest BCUT2D eigenvalue weighted by molar-refractivity contribution is 0.113. The molecule has 0 aromatic rings. The number of thioether (sulfide) groups is 1. The summed E-state index contributed by atoms with van der Waals surface area (Å²) >= 11 is 6.97. The summed E-state index contributed by atoms with van der Waals surface area (Å²) in [5, 5.41) is 10.3. The fourth-order valence-electron chi connectivity index (χ4n) is 2.23. The topological polar surface area (TPSA) is 23.5 Å². The average Bonchev–Trinajstić information content (AvgIpc) is 2.23. The zero-order valence-corrected chi connectivity index (χ0v) is 12.1. The molecule has 1 aliphatic rings. The molecule has 0 amide bonds. The molecule has 1 N–H and O–H groups in total. The first-order valence-corrected chi connectivity index (χ1v) is 7.39. The van der Waals surface area contributed by atoms with Gasteiger partial charge in [-0.1, -0.05) is 43.7 Å². The van der Waals surface area contributed by atoms with E-state index in [9.17, 15) is 5.11 Å². The van der Waals surface area contributed by atoms with Crippen molar-refractivity contribution < 1.29 is 5.11 Å². The quantitative estimate of drug-likeness (QED) is 0.789. The number of hydrogen-bond donors (Lipinski definition) is 1. The number of thiocarbonyl (C=S) groups is 1. The summed E-state index contributed by atoms with van der Waals surface area (Å²) in [7, 11) is 3.93. The monoisotopic (exact) mass is 261 g/mol. The van der Waals surface area contributed by atoms with Gasteiger partial charge in [0.05, 0.1) is 6.10 Å². The molecule has 0 unspecified atom stereocenters. The van der Waals surface area contributed by atoms with Crippen LogP contribution in [-0.4, -0.2) is 39.8 Å². The van der Waals surface area contributed by atoms with E-state index in [2.05, 4.69) is 6.92 Å². The first-order chi connectivity index (χ1) is 7.54. The number of rotatable bonds is 3. The van der Waals surface area contributed by atoms with Gasteiger partial charge in [-0.05, 0) is 25.2 Å². The highest BCUT2D eigenvalue weighted by Gasteiger charge is 2.30. The Labute approximate surface area is 109 Å². The number of aliphatic hydroxyl groups is 1. The third-order valence-corrected chi connectivity index (χ3v) is 5.21. The van der Waals surface area contributed by atoms with Gasteiger partial charge in [0.2, 0.25) is 0 Å². The summed E-state index contributed by atoms with van der Waals surface area (Å²) in [6.45, 7) is 2.23. The Morgan fingerprint density at radius 3 is 2.69 bits per heavy atom. The number of nitrogens with zero attached hydrogens (tertiary/aromatic N) is 1. The second-order valence-electron chi connectivity index (χ2n) is 4.85. The van der Waals surface area contributed by atoms with E-state index in [1.165, 1.54) is 19.3 Å². The molecule has 0 aromatic heterocycles. The third kappa shape index (κ3) is 4.22. The number of aliphatic hydroxyl groups excluding tert-OH is 1. The van der Waals surface area contributed by atoms with Crippen LogP contribution in [0.4, 0.5) is 0 Å². The van der Waals surface area contributed by atoms with E-state index in [0.29, 0.717) is 5.25 Å². The second-order valence-corrected chi connectivity index (χ2v) is 6.72. The second kappa shape index (κ2) is 6.82. The molecule has 1 aliphatic carbocycles. The van der Waals surface area contributed by atoms with Crippen molar-refractivity contribution in [1.29, 1.82) is 0 Å². The Balaban J connectivity index is 2.46. The van der Waals surface area contributed by atoms with Gasteiger partial charge >= 0.3 is 0 Å². The zero-order valence-electron chi connectivity index (χ0n) is 10.5. The molecule has 2 nitrogen and oxygen atoms in total. The largest absolute Gasteiger partial charge is 0.392 e. The first kappa shape index (κ1) is 14.3. The average molecular weight is 261 g/mol. The lowest BCUT2D eigenvalue weighted by Crippen LogP contribution is -2.34. The van der Waals surface area contributed by atoms with Crippen molar-refractivity contribution in [3.63, 3.8) is 0 Å². The molecule has 1 saturated carbocycles. The zero-order chi connectivity index (χ0) is 12.1. The van der Waals surface area contributed by atoms with Crippen molar-refractivity contribution >= 4 is 28.3 Å². The predicted molar refractivity (Wildman–Crippen MR) is 75.9 cm³/mol. The lowest BCUT2D eigenvalue weighted by atomic mass is 9.84. The summed E-state index contributed by atoms with van der Waals surface area (Å²) in [5.41, 5.74) is 0. The van der Waals surface area contributed by atoms with E-state index in [-0.39, 0.29) is 6.10 Å². The van der Waals surface area contributed by atoms with E-state index < -0.39 is 0 Å². The van der Waals surface area contributed by atoms with Crippen molar-refractivity contribution in [2.45, 2.75) is 50.4 Å². The van der Waals surface area contributed by atoms with Crippen LogP contribution in [0.3, 0.4) is 0 Å². The van der Waals surface area contributed by atoms with Gasteiger partial charge in [-0.3, -0.25) is 0 Å². The molecule has 0 bridgehead atoms. The minimum absolute atomic E-state index is 0.170. The van der Waals surface area contributed by atoms with Gasteiger partial charge in [-0.15, -0.1) is 0 Å². The fraction of sp³-hybridized carbons (Fsp3) is 0.917. The molecule has 0 saturated heterocycles.